The fourth-order valence-electron chi connectivity index (χ4n) is 2.41. The lowest BCUT2D eigenvalue weighted by atomic mass is 10.00. The molecule has 1 aromatic carbocycles. The van der Waals surface area contributed by atoms with Crippen molar-refractivity contribution in [1.82, 2.24) is 0 Å². The van der Waals surface area contributed by atoms with Crippen LogP contribution in [0.1, 0.15) is 25.8 Å². The van der Waals surface area contributed by atoms with Crippen molar-refractivity contribution in [3.8, 4) is 5.75 Å². The van der Waals surface area contributed by atoms with Crippen LogP contribution in [0, 0.1) is 0 Å². The highest BCUT2D eigenvalue weighted by Crippen LogP contribution is 2.37. The monoisotopic (exact) mass is 220 g/mol. The molecule has 2 rings (SSSR count). The highest BCUT2D eigenvalue weighted by molar-refractivity contribution is 5.73. The predicted molar refractivity (Wildman–Crippen MR) is 68.5 cm³/mol. The molecule has 1 aliphatic rings. The SMILES string of the molecule is CCN(CC)c1ccc(O)c2c1CCCN2. The Kier molecular flexibility index (Phi) is 3.22. The van der Waals surface area contributed by atoms with Gasteiger partial charge >= 0.3 is 0 Å². The normalized spacial score (nSPS) is 14.1. The highest BCUT2D eigenvalue weighted by atomic mass is 16.3. The molecule has 0 saturated carbocycles. The molecular weight excluding hydrogens is 200 g/mol. The van der Waals surface area contributed by atoms with Crippen molar-refractivity contribution in [3.63, 3.8) is 0 Å². The lowest BCUT2D eigenvalue weighted by molar-refractivity contribution is 0.475. The van der Waals surface area contributed by atoms with E-state index in [4.69, 9.17) is 0 Å². The summed E-state index contributed by atoms with van der Waals surface area (Å²) in [5.41, 5.74) is 3.48. The van der Waals surface area contributed by atoms with Gasteiger partial charge in [-0.25, -0.2) is 0 Å². The first kappa shape index (κ1) is 11.1. The Morgan fingerprint density at radius 2 is 2.06 bits per heavy atom. The van der Waals surface area contributed by atoms with Crippen LogP contribution in [-0.2, 0) is 6.42 Å². The van der Waals surface area contributed by atoms with Gasteiger partial charge in [-0.2, -0.15) is 0 Å². The smallest absolute Gasteiger partial charge is 0.139 e. The van der Waals surface area contributed by atoms with Gasteiger partial charge in [0, 0.05) is 30.9 Å². The molecule has 0 atom stereocenters. The maximum atomic E-state index is 9.83. The Labute approximate surface area is 97.1 Å². The maximum Gasteiger partial charge on any atom is 0.139 e. The first-order valence-electron chi connectivity index (χ1n) is 6.11. The van der Waals surface area contributed by atoms with Gasteiger partial charge in [-0.15, -0.1) is 0 Å². The average Bonchev–Trinajstić information content (AvgIpc) is 2.34. The Bertz CT molecular complexity index is 372. The minimum absolute atomic E-state index is 0.380. The number of phenols is 1. The first-order valence-corrected chi connectivity index (χ1v) is 6.11. The second-order valence-corrected chi connectivity index (χ2v) is 4.16. The van der Waals surface area contributed by atoms with Crippen molar-refractivity contribution in [3.05, 3.63) is 17.7 Å². The van der Waals surface area contributed by atoms with Crippen molar-refractivity contribution in [2.24, 2.45) is 0 Å². The molecule has 0 aromatic heterocycles. The number of nitrogens with one attached hydrogen (secondary N) is 1. The standard InChI is InChI=1S/C13H20N2O/c1-3-15(4-2)11-7-8-12(16)13-10(11)6-5-9-14-13/h7-8,14,16H,3-6,9H2,1-2H3. The molecule has 0 amide bonds. The van der Waals surface area contributed by atoms with Crippen molar-refractivity contribution in [1.29, 1.82) is 0 Å². The molecule has 16 heavy (non-hydrogen) atoms. The summed E-state index contributed by atoms with van der Waals surface area (Å²) >= 11 is 0. The number of benzene rings is 1. The van der Waals surface area contributed by atoms with Gasteiger partial charge in [-0.05, 0) is 38.8 Å². The van der Waals surface area contributed by atoms with Crippen LogP contribution in [0.15, 0.2) is 12.1 Å². The molecule has 3 nitrogen and oxygen atoms in total. The van der Waals surface area contributed by atoms with E-state index in [2.05, 4.69) is 24.1 Å². The van der Waals surface area contributed by atoms with Gasteiger partial charge in [0.15, 0.2) is 0 Å². The van der Waals surface area contributed by atoms with Gasteiger partial charge in [-0.3, -0.25) is 0 Å². The minimum atomic E-state index is 0.380. The lowest BCUT2D eigenvalue weighted by Crippen LogP contribution is -2.25. The third kappa shape index (κ3) is 1.82. The summed E-state index contributed by atoms with van der Waals surface area (Å²) in [7, 11) is 0. The number of hydrogen-bond acceptors (Lipinski definition) is 3. The van der Waals surface area contributed by atoms with E-state index in [0.717, 1.165) is 38.2 Å². The van der Waals surface area contributed by atoms with Gasteiger partial charge in [0.1, 0.15) is 5.75 Å². The topological polar surface area (TPSA) is 35.5 Å². The maximum absolute atomic E-state index is 9.83. The van der Waals surface area contributed by atoms with Crippen molar-refractivity contribution >= 4 is 11.4 Å². The molecule has 0 spiro atoms. The van der Waals surface area contributed by atoms with Crippen LogP contribution in [0.2, 0.25) is 0 Å². The van der Waals surface area contributed by atoms with E-state index in [1.807, 2.05) is 6.07 Å². The largest absolute Gasteiger partial charge is 0.506 e. The van der Waals surface area contributed by atoms with Crippen LogP contribution < -0.4 is 10.2 Å². The van der Waals surface area contributed by atoms with Crippen molar-refractivity contribution in [2.45, 2.75) is 26.7 Å². The van der Waals surface area contributed by atoms with Crippen LogP contribution >= 0.6 is 0 Å². The van der Waals surface area contributed by atoms with Crippen LogP contribution in [0.5, 0.6) is 5.75 Å². The third-order valence-corrected chi connectivity index (χ3v) is 3.28. The Morgan fingerprint density at radius 1 is 1.31 bits per heavy atom. The summed E-state index contributed by atoms with van der Waals surface area (Å²) in [6, 6.07) is 3.83. The van der Waals surface area contributed by atoms with E-state index in [-0.39, 0.29) is 0 Å². The summed E-state index contributed by atoms with van der Waals surface area (Å²) < 4.78 is 0. The van der Waals surface area contributed by atoms with Crippen LogP contribution in [0.4, 0.5) is 11.4 Å². The Hall–Kier alpha value is -1.38. The number of aromatic hydroxyl groups is 1. The molecule has 1 heterocycles. The molecule has 0 bridgehead atoms. The zero-order valence-electron chi connectivity index (χ0n) is 10.1. The Balaban J connectivity index is 2.46. The lowest BCUT2D eigenvalue weighted by Gasteiger charge is -2.28. The van der Waals surface area contributed by atoms with Crippen molar-refractivity contribution < 1.29 is 5.11 Å². The number of anilines is 2. The molecule has 0 aliphatic carbocycles. The van der Waals surface area contributed by atoms with E-state index in [9.17, 15) is 5.11 Å². The van der Waals surface area contributed by atoms with Crippen molar-refractivity contribution in [2.75, 3.05) is 29.9 Å². The van der Waals surface area contributed by atoms with Gasteiger partial charge in [0.25, 0.3) is 0 Å². The molecule has 1 aliphatic heterocycles. The molecular formula is C13H20N2O. The van der Waals surface area contributed by atoms with E-state index in [1.165, 1.54) is 11.3 Å². The van der Waals surface area contributed by atoms with E-state index < -0.39 is 0 Å². The molecule has 1 aromatic rings. The zero-order chi connectivity index (χ0) is 11.5. The molecule has 3 heteroatoms. The molecule has 0 saturated heterocycles. The van der Waals surface area contributed by atoms with Gasteiger partial charge in [0.2, 0.25) is 0 Å². The third-order valence-electron chi connectivity index (χ3n) is 3.28. The minimum Gasteiger partial charge on any atom is -0.506 e. The fraction of sp³-hybridized carbons (Fsp3) is 0.538. The number of hydrogen-bond donors (Lipinski definition) is 2. The second-order valence-electron chi connectivity index (χ2n) is 4.16. The fourth-order valence-corrected chi connectivity index (χ4v) is 2.41. The quantitative estimate of drug-likeness (QED) is 0.769. The van der Waals surface area contributed by atoms with Gasteiger partial charge in [-0.1, -0.05) is 0 Å². The summed E-state index contributed by atoms with van der Waals surface area (Å²) in [5.74, 6) is 0.380. The molecule has 0 fully saturated rings. The molecule has 0 unspecified atom stereocenters. The van der Waals surface area contributed by atoms with Crippen LogP contribution in [0.25, 0.3) is 0 Å². The number of nitrogens with zero attached hydrogens (tertiary/aromatic N) is 1. The van der Waals surface area contributed by atoms with Gasteiger partial charge in [0.05, 0.1) is 5.69 Å². The van der Waals surface area contributed by atoms with E-state index >= 15 is 0 Å². The summed E-state index contributed by atoms with van der Waals surface area (Å²) in [6.45, 7) is 7.31. The van der Waals surface area contributed by atoms with Gasteiger partial charge < -0.3 is 15.3 Å². The highest BCUT2D eigenvalue weighted by Gasteiger charge is 2.18. The number of rotatable bonds is 3. The van der Waals surface area contributed by atoms with Crippen LogP contribution in [0.3, 0.4) is 0 Å². The Morgan fingerprint density at radius 3 is 2.75 bits per heavy atom. The first-order chi connectivity index (χ1) is 7.77. The summed E-state index contributed by atoms with van der Waals surface area (Å²) in [6.07, 6.45) is 2.20. The summed E-state index contributed by atoms with van der Waals surface area (Å²) in [4.78, 5) is 2.34. The zero-order valence-corrected chi connectivity index (χ0v) is 10.1. The van der Waals surface area contributed by atoms with Crippen LogP contribution in [-0.4, -0.2) is 24.7 Å². The molecule has 88 valence electrons. The number of fused-ring (bicyclic) bond motifs is 1. The number of phenolic OH excluding ortho intramolecular Hbond substituents is 1. The molecule has 2 N–H and O–H groups in total. The van der Waals surface area contributed by atoms with E-state index in [1.54, 1.807) is 6.07 Å². The molecule has 0 radical (unpaired) electrons. The van der Waals surface area contributed by atoms with E-state index in [0.29, 0.717) is 5.75 Å². The predicted octanol–water partition coefficient (Wildman–Crippen LogP) is 2.60. The average molecular weight is 220 g/mol. The second kappa shape index (κ2) is 4.64. The summed E-state index contributed by atoms with van der Waals surface area (Å²) in [5, 5.41) is 13.1.